The van der Waals surface area contributed by atoms with Gasteiger partial charge >= 0.3 is 0 Å². The molecule has 0 aliphatic carbocycles. The third kappa shape index (κ3) is 3.09. The third-order valence-corrected chi connectivity index (χ3v) is 3.63. The SMILES string of the molecule is CCC1CCCN(c2cccc(NN)n2)CC1. The van der Waals surface area contributed by atoms with E-state index in [4.69, 9.17) is 5.84 Å². The van der Waals surface area contributed by atoms with Gasteiger partial charge in [-0.1, -0.05) is 19.4 Å². The van der Waals surface area contributed by atoms with Gasteiger partial charge < -0.3 is 10.3 Å². The summed E-state index contributed by atoms with van der Waals surface area (Å²) in [6, 6.07) is 5.95. The maximum absolute atomic E-state index is 5.39. The lowest BCUT2D eigenvalue weighted by molar-refractivity contribution is 0.459. The minimum absolute atomic E-state index is 0.735. The predicted octanol–water partition coefficient (Wildman–Crippen LogP) is 2.38. The molecule has 2 rings (SSSR count). The zero-order valence-corrected chi connectivity index (χ0v) is 10.5. The Morgan fingerprint density at radius 3 is 3.06 bits per heavy atom. The van der Waals surface area contributed by atoms with Crippen LogP contribution in [0, 0.1) is 5.92 Å². The van der Waals surface area contributed by atoms with Crippen LogP contribution >= 0.6 is 0 Å². The van der Waals surface area contributed by atoms with Crippen molar-refractivity contribution >= 4 is 11.6 Å². The summed E-state index contributed by atoms with van der Waals surface area (Å²) in [4.78, 5) is 6.87. The van der Waals surface area contributed by atoms with Crippen LogP contribution in [0.4, 0.5) is 11.6 Å². The highest BCUT2D eigenvalue weighted by atomic mass is 15.3. The molecule has 1 unspecified atom stereocenters. The van der Waals surface area contributed by atoms with E-state index >= 15 is 0 Å². The molecule has 0 spiro atoms. The van der Waals surface area contributed by atoms with E-state index in [2.05, 4.69) is 28.3 Å². The van der Waals surface area contributed by atoms with E-state index in [1.165, 1.54) is 25.7 Å². The molecule has 4 nitrogen and oxygen atoms in total. The first-order chi connectivity index (χ1) is 8.33. The van der Waals surface area contributed by atoms with Crippen LogP contribution in [0.5, 0.6) is 0 Å². The normalized spacial score (nSPS) is 21.1. The Labute approximate surface area is 103 Å². The van der Waals surface area contributed by atoms with Crippen molar-refractivity contribution in [3.63, 3.8) is 0 Å². The Hall–Kier alpha value is -1.29. The van der Waals surface area contributed by atoms with E-state index in [9.17, 15) is 0 Å². The van der Waals surface area contributed by atoms with E-state index < -0.39 is 0 Å². The number of rotatable bonds is 3. The van der Waals surface area contributed by atoms with Gasteiger partial charge in [0, 0.05) is 13.1 Å². The van der Waals surface area contributed by atoms with E-state index in [1.807, 2.05) is 12.1 Å². The van der Waals surface area contributed by atoms with Crippen molar-refractivity contribution in [2.75, 3.05) is 23.4 Å². The van der Waals surface area contributed by atoms with Gasteiger partial charge in [0.05, 0.1) is 0 Å². The fraction of sp³-hybridized carbons (Fsp3) is 0.615. The van der Waals surface area contributed by atoms with Gasteiger partial charge in [-0.05, 0) is 37.3 Å². The molecular weight excluding hydrogens is 212 g/mol. The summed E-state index contributed by atoms with van der Waals surface area (Å²) >= 11 is 0. The zero-order chi connectivity index (χ0) is 12.1. The molecule has 1 aliphatic heterocycles. The summed E-state index contributed by atoms with van der Waals surface area (Å²) in [6.07, 6.45) is 5.19. The molecule has 4 heteroatoms. The fourth-order valence-corrected chi connectivity index (χ4v) is 2.48. The molecule has 2 heterocycles. The van der Waals surface area contributed by atoms with Crippen LogP contribution in [0.15, 0.2) is 18.2 Å². The number of aromatic nitrogens is 1. The molecule has 0 amide bonds. The molecule has 0 saturated carbocycles. The first kappa shape index (κ1) is 12.2. The first-order valence-corrected chi connectivity index (χ1v) is 6.52. The molecule has 3 N–H and O–H groups in total. The Bertz CT molecular complexity index is 353. The highest BCUT2D eigenvalue weighted by Crippen LogP contribution is 2.23. The number of nitrogens with zero attached hydrogens (tertiary/aromatic N) is 2. The average Bonchev–Trinajstić information content (AvgIpc) is 2.64. The van der Waals surface area contributed by atoms with Crippen molar-refractivity contribution in [1.29, 1.82) is 0 Å². The molecule has 94 valence electrons. The number of nitrogen functional groups attached to an aromatic ring is 1. The van der Waals surface area contributed by atoms with Gasteiger partial charge in [0.15, 0.2) is 0 Å². The molecule has 0 aromatic carbocycles. The molecule has 0 bridgehead atoms. The summed E-state index contributed by atoms with van der Waals surface area (Å²) in [7, 11) is 0. The topological polar surface area (TPSA) is 54.2 Å². The summed E-state index contributed by atoms with van der Waals surface area (Å²) in [5.41, 5.74) is 2.60. The minimum Gasteiger partial charge on any atom is -0.357 e. The lowest BCUT2D eigenvalue weighted by Gasteiger charge is -2.22. The maximum Gasteiger partial charge on any atom is 0.142 e. The van der Waals surface area contributed by atoms with E-state index in [0.717, 1.165) is 30.6 Å². The van der Waals surface area contributed by atoms with Gasteiger partial charge in [0.1, 0.15) is 11.6 Å². The number of hydrazine groups is 1. The highest BCUT2D eigenvalue weighted by molar-refractivity contribution is 5.46. The standard InChI is InChI=1S/C13H22N4/c1-2-11-5-4-9-17(10-8-11)13-7-3-6-12(15-13)16-14/h3,6-7,11H,2,4-5,8-10,14H2,1H3,(H,15,16). The summed E-state index contributed by atoms with van der Waals surface area (Å²) in [6.45, 7) is 4.51. The van der Waals surface area contributed by atoms with Crippen LogP contribution in [0.1, 0.15) is 32.6 Å². The number of pyridine rings is 1. The summed E-state index contributed by atoms with van der Waals surface area (Å²) in [5, 5.41) is 0. The van der Waals surface area contributed by atoms with Crippen LogP contribution in [-0.4, -0.2) is 18.1 Å². The van der Waals surface area contributed by atoms with Gasteiger partial charge in [-0.2, -0.15) is 0 Å². The van der Waals surface area contributed by atoms with Crippen LogP contribution in [-0.2, 0) is 0 Å². The molecule has 1 aromatic heterocycles. The Balaban J connectivity index is 2.05. The Morgan fingerprint density at radius 2 is 2.29 bits per heavy atom. The molecule has 17 heavy (non-hydrogen) atoms. The zero-order valence-electron chi connectivity index (χ0n) is 10.5. The van der Waals surface area contributed by atoms with Gasteiger partial charge in [-0.3, -0.25) is 0 Å². The Kier molecular flexibility index (Phi) is 4.20. The minimum atomic E-state index is 0.735. The lowest BCUT2D eigenvalue weighted by Crippen LogP contribution is -2.25. The van der Waals surface area contributed by atoms with Crippen molar-refractivity contribution in [3.05, 3.63) is 18.2 Å². The van der Waals surface area contributed by atoms with Crippen molar-refractivity contribution < 1.29 is 0 Å². The molecule has 0 radical (unpaired) electrons. The van der Waals surface area contributed by atoms with Gasteiger partial charge in [-0.25, -0.2) is 10.8 Å². The van der Waals surface area contributed by atoms with Crippen molar-refractivity contribution in [2.24, 2.45) is 11.8 Å². The van der Waals surface area contributed by atoms with Crippen LogP contribution in [0.2, 0.25) is 0 Å². The quantitative estimate of drug-likeness (QED) is 0.623. The second-order valence-corrected chi connectivity index (χ2v) is 4.72. The number of nitrogens with two attached hydrogens (primary N) is 1. The third-order valence-electron chi connectivity index (χ3n) is 3.63. The molecule has 1 aromatic rings. The van der Waals surface area contributed by atoms with Crippen molar-refractivity contribution in [2.45, 2.75) is 32.6 Å². The second-order valence-electron chi connectivity index (χ2n) is 4.72. The Morgan fingerprint density at radius 1 is 1.41 bits per heavy atom. The smallest absolute Gasteiger partial charge is 0.142 e. The molecule has 1 atom stereocenters. The number of nitrogens with one attached hydrogen (secondary N) is 1. The molecule has 1 saturated heterocycles. The summed E-state index contributed by atoms with van der Waals surface area (Å²) in [5.74, 6) is 8.05. The summed E-state index contributed by atoms with van der Waals surface area (Å²) < 4.78 is 0. The first-order valence-electron chi connectivity index (χ1n) is 6.52. The number of anilines is 2. The van der Waals surface area contributed by atoms with Crippen LogP contribution in [0.25, 0.3) is 0 Å². The molecule has 1 aliphatic rings. The number of hydrogen-bond acceptors (Lipinski definition) is 4. The maximum atomic E-state index is 5.39. The largest absolute Gasteiger partial charge is 0.357 e. The fourth-order valence-electron chi connectivity index (χ4n) is 2.48. The van der Waals surface area contributed by atoms with E-state index in [0.29, 0.717) is 0 Å². The van der Waals surface area contributed by atoms with Gasteiger partial charge in [-0.15, -0.1) is 0 Å². The predicted molar refractivity (Wildman–Crippen MR) is 71.9 cm³/mol. The lowest BCUT2D eigenvalue weighted by atomic mass is 9.98. The van der Waals surface area contributed by atoms with Crippen molar-refractivity contribution in [1.82, 2.24) is 4.98 Å². The van der Waals surface area contributed by atoms with Gasteiger partial charge in [0.25, 0.3) is 0 Å². The average molecular weight is 234 g/mol. The monoisotopic (exact) mass is 234 g/mol. The van der Waals surface area contributed by atoms with E-state index in [1.54, 1.807) is 0 Å². The van der Waals surface area contributed by atoms with Crippen LogP contribution < -0.4 is 16.2 Å². The highest BCUT2D eigenvalue weighted by Gasteiger charge is 2.16. The van der Waals surface area contributed by atoms with Crippen molar-refractivity contribution in [3.8, 4) is 0 Å². The van der Waals surface area contributed by atoms with Gasteiger partial charge in [0.2, 0.25) is 0 Å². The van der Waals surface area contributed by atoms with Crippen LogP contribution in [0.3, 0.4) is 0 Å². The second kappa shape index (κ2) is 5.87. The molecular formula is C13H22N4. The van der Waals surface area contributed by atoms with E-state index in [-0.39, 0.29) is 0 Å². The number of hydrogen-bond donors (Lipinski definition) is 2. The molecule has 1 fully saturated rings.